The van der Waals surface area contributed by atoms with Gasteiger partial charge in [0.05, 0.1) is 17.6 Å². The number of rotatable bonds is 10. The Kier molecular flexibility index (Phi) is 8.17. The molecule has 1 aliphatic rings. The number of aliphatic imine (C=N–C) groups is 1. The molecule has 0 aliphatic heterocycles. The lowest BCUT2D eigenvalue weighted by atomic mass is 10.1. The molecule has 0 bridgehead atoms. The van der Waals surface area contributed by atoms with Gasteiger partial charge >= 0.3 is 0 Å². The third-order valence-electron chi connectivity index (χ3n) is 6.32. The Labute approximate surface area is 229 Å². The van der Waals surface area contributed by atoms with Crippen molar-refractivity contribution in [3.05, 3.63) is 92.4 Å². The van der Waals surface area contributed by atoms with Gasteiger partial charge in [-0.05, 0) is 58.3 Å². The second-order valence-corrected chi connectivity index (χ2v) is 10.4. The molecule has 39 heavy (non-hydrogen) atoms. The molecule has 3 aromatic heterocycles. The monoisotopic (exact) mass is 557 g/mol. The van der Waals surface area contributed by atoms with Gasteiger partial charge in [0, 0.05) is 35.7 Å². The molecule has 3 aromatic rings. The zero-order valence-corrected chi connectivity index (χ0v) is 23.0. The SMILES string of the molecule is C=C/C(=C(/C)C=NCn1nc(C(C)(C)O)cc1C1CC1)n1c(C)cc(OCc2ncc(F)cc2F)c(Cl)c1=O. The molecule has 1 saturated carbocycles. The van der Waals surface area contributed by atoms with Crippen LogP contribution in [-0.4, -0.2) is 30.7 Å². The Morgan fingerprint density at radius 1 is 1.33 bits per heavy atom. The van der Waals surface area contributed by atoms with Gasteiger partial charge in [0.25, 0.3) is 5.56 Å². The van der Waals surface area contributed by atoms with E-state index in [2.05, 4.69) is 21.7 Å². The lowest BCUT2D eigenvalue weighted by Gasteiger charge is -2.16. The van der Waals surface area contributed by atoms with E-state index in [9.17, 15) is 18.7 Å². The van der Waals surface area contributed by atoms with E-state index in [4.69, 9.17) is 16.3 Å². The highest BCUT2D eigenvalue weighted by Gasteiger charge is 2.30. The van der Waals surface area contributed by atoms with Crippen molar-refractivity contribution in [2.45, 2.75) is 65.3 Å². The highest BCUT2D eigenvalue weighted by atomic mass is 35.5. The van der Waals surface area contributed by atoms with Crippen molar-refractivity contribution in [1.82, 2.24) is 19.3 Å². The van der Waals surface area contributed by atoms with Gasteiger partial charge in [0.15, 0.2) is 5.82 Å². The average Bonchev–Trinajstić information content (AvgIpc) is 3.62. The molecule has 8 nitrogen and oxygen atoms in total. The summed E-state index contributed by atoms with van der Waals surface area (Å²) in [5.74, 6) is -1.20. The first-order valence-corrected chi connectivity index (χ1v) is 12.8. The summed E-state index contributed by atoms with van der Waals surface area (Å²) < 4.78 is 35.8. The quantitative estimate of drug-likeness (QED) is 0.262. The Balaban J connectivity index is 1.57. The van der Waals surface area contributed by atoms with Crippen molar-refractivity contribution < 1.29 is 18.6 Å². The molecule has 0 saturated heterocycles. The summed E-state index contributed by atoms with van der Waals surface area (Å²) in [7, 11) is 0. The van der Waals surface area contributed by atoms with Gasteiger partial charge in [0.1, 0.15) is 41.2 Å². The van der Waals surface area contributed by atoms with E-state index < -0.39 is 22.8 Å². The normalized spacial score (nSPS) is 14.6. The van der Waals surface area contributed by atoms with Crippen LogP contribution in [0.4, 0.5) is 8.78 Å². The van der Waals surface area contributed by atoms with Gasteiger partial charge in [-0.3, -0.25) is 19.3 Å². The van der Waals surface area contributed by atoms with E-state index in [-0.39, 0.29) is 29.7 Å². The average molecular weight is 558 g/mol. The molecular formula is C28H30ClF2N5O3. The molecular weight excluding hydrogens is 528 g/mol. The number of allylic oxidation sites excluding steroid dienone is 3. The van der Waals surface area contributed by atoms with Crippen LogP contribution in [-0.2, 0) is 18.9 Å². The summed E-state index contributed by atoms with van der Waals surface area (Å²) in [5, 5.41) is 14.7. The van der Waals surface area contributed by atoms with E-state index in [1.807, 2.05) is 6.07 Å². The minimum absolute atomic E-state index is 0.0459. The summed E-state index contributed by atoms with van der Waals surface area (Å²) >= 11 is 6.33. The molecule has 0 aromatic carbocycles. The fourth-order valence-corrected chi connectivity index (χ4v) is 4.28. The fourth-order valence-electron chi connectivity index (χ4n) is 4.08. The van der Waals surface area contributed by atoms with Crippen LogP contribution in [0.5, 0.6) is 5.75 Å². The molecule has 0 radical (unpaired) electrons. The molecule has 3 heterocycles. The largest absolute Gasteiger partial charge is 0.485 e. The van der Waals surface area contributed by atoms with Crippen molar-refractivity contribution >= 4 is 23.5 Å². The van der Waals surface area contributed by atoms with Gasteiger partial charge in [-0.25, -0.2) is 13.5 Å². The maximum Gasteiger partial charge on any atom is 0.277 e. The van der Waals surface area contributed by atoms with Gasteiger partial charge in [-0.15, -0.1) is 0 Å². The maximum absolute atomic E-state index is 13.9. The molecule has 0 unspecified atom stereocenters. The number of aromatic nitrogens is 4. The van der Waals surface area contributed by atoms with Crippen molar-refractivity contribution in [2.24, 2.45) is 4.99 Å². The number of pyridine rings is 2. The van der Waals surface area contributed by atoms with Crippen molar-refractivity contribution in [3.8, 4) is 5.75 Å². The van der Waals surface area contributed by atoms with Crippen LogP contribution >= 0.6 is 11.6 Å². The zero-order valence-electron chi connectivity index (χ0n) is 22.2. The van der Waals surface area contributed by atoms with E-state index >= 15 is 0 Å². The maximum atomic E-state index is 13.9. The summed E-state index contributed by atoms with van der Waals surface area (Å²) in [5.41, 5.74) is 1.52. The number of aliphatic hydroxyl groups is 1. The first kappa shape index (κ1) is 28.4. The first-order chi connectivity index (χ1) is 18.4. The third-order valence-corrected chi connectivity index (χ3v) is 6.67. The van der Waals surface area contributed by atoms with Crippen LogP contribution < -0.4 is 10.3 Å². The Bertz CT molecular complexity index is 1530. The Morgan fingerprint density at radius 3 is 2.67 bits per heavy atom. The van der Waals surface area contributed by atoms with Crippen LogP contribution in [0.15, 0.2) is 52.4 Å². The standard InChI is InChI=1S/C28H30ClF2N5O3/c1-6-22(16(2)12-32-15-35-23(18-7-8-18)11-25(34-35)28(4,5)38)36-17(3)9-24(26(29)27(36)37)39-14-21-20(31)10-19(30)13-33-21/h6,9-13,18,38H,1,7-8,14-15H2,2-5H3/b22-16+,32-12?. The van der Waals surface area contributed by atoms with Crippen LogP contribution in [0.3, 0.4) is 0 Å². The highest BCUT2D eigenvalue weighted by Crippen LogP contribution is 2.41. The molecule has 206 valence electrons. The number of hydrogen-bond acceptors (Lipinski definition) is 6. The number of ether oxygens (including phenoxy) is 1. The second kappa shape index (κ2) is 11.2. The minimum Gasteiger partial charge on any atom is -0.485 e. The van der Waals surface area contributed by atoms with Crippen LogP contribution in [0, 0.1) is 18.6 Å². The van der Waals surface area contributed by atoms with Gasteiger partial charge in [-0.2, -0.15) is 5.10 Å². The summed E-state index contributed by atoms with van der Waals surface area (Å²) in [4.78, 5) is 21.4. The van der Waals surface area contributed by atoms with Crippen molar-refractivity contribution in [2.75, 3.05) is 0 Å². The molecule has 1 N–H and O–H groups in total. The van der Waals surface area contributed by atoms with E-state index in [1.165, 1.54) is 10.6 Å². The molecule has 4 rings (SSSR count). The van der Waals surface area contributed by atoms with Crippen molar-refractivity contribution in [3.63, 3.8) is 0 Å². The smallest absolute Gasteiger partial charge is 0.277 e. The lowest BCUT2D eigenvalue weighted by Crippen LogP contribution is -2.23. The molecule has 0 amide bonds. The summed E-state index contributed by atoms with van der Waals surface area (Å²) in [6.07, 6.45) is 6.20. The minimum atomic E-state index is -1.05. The molecule has 11 heteroatoms. The van der Waals surface area contributed by atoms with Crippen molar-refractivity contribution in [1.29, 1.82) is 0 Å². The number of hydrogen-bond donors (Lipinski definition) is 1. The van der Waals surface area contributed by atoms with Gasteiger partial charge in [-0.1, -0.05) is 18.2 Å². The Hall–Kier alpha value is -3.63. The highest BCUT2D eigenvalue weighted by molar-refractivity contribution is 6.31. The topological polar surface area (TPSA) is 94.5 Å². The molecule has 1 aliphatic carbocycles. The lowest BCUT2D eigenvalue weighted by molar-refractivity contribution is 0.0730. The predicted molar refractivity (Wildman–Crippen MR) is 146 cm³/mol. The van der Waals surface area contributed by atoms with Gasteiger partial charge in [0.2, 0.25) is 0 Å². The summed E-state index contributed by atoms with van der Waals surface area (Å²) in [6.45, 7) is 10.6. The number of aryl methyl sites for hydroxylation is 1. The number of nitrogens with zero attached hydrogens (tertiary/aromatic N) is 5. The number of halogens is 3. The molecule has 1 fully saturated rings. The first-order valence-electron chi connectivity index (χ1n) is 12.4. The fraction of sp³-hybridized carbons (Fsp3) is 0.357. The molecule has 0 atom stereocenters. The molecule has 0 spiro atoms. The third kappa shape index (κ3) is 6.34. The van der Waals surface area contributed by atoms with Gasteiger partial charge < -0.3 is 9.84 Å². The van der Waals surface area contributed by atoms with Crippen LogP contribution in [0.2, 0.25) is 5.02 Å². The van der Waals surface area contributed by atoms with E-state index in [0.29, 0.717) is 34.6 Å². The Morgan fingerprint density at radius 2 is 2.05 bits per heavy atom. The summed E-state index contributed by atoms with van der Waals surface area (Å²) in [6, 6.07) is 4.18. The second-order valence-electron chi connectivity index (χ2n) is 9.99. The van der Waals surface area contributed by atoms with Crippen LogP contribution in [0.25, 0.3) is 5.70 Å². The van der Waals surface area contributed by atoms with E-state index in [0.717, 1.165) is 24.7 Å². The van der Waals surface area contributed by atoms with E-state index in [1.54, 1.807) is 44.7 Å². The van der Waals surface area contributed by atoms with Crippen LogP contribution in [0.1, 0.15) is 62.3 Å². The predicted octanol–water partition coefficient (Wildman–Crippen LogP) is 5.51. The zero-order chi connectivity index (χ0) is 28.5.